The molecule has 0 radical (unpaired) electrons. The first kappa shape index (κ1) is 22.2. The van der Waals surface area contributed by atoms with Crippen LogP contribution in [0.4, 0.5) is 5.82 Å². The molecule has 0 unspecified atom stereocenters. The molecule has 1 amide bonds. The summed E-state index contributed by atoms with van der Waals surface area (Å²) in [6.07, 6.45) is 2.60. The van der Waals surface area contributed by atoms with Gasteiger partial charge in [0.05, 0.1) is 18.1 Å². The number of anilines is 1. The Kier molecular flexibility index (Phi) is 7.41. The Balaban J connectivity index is 1.50. The van der Waals surface area contributed by atoms with E-state index in [1.165, 1.54) is 4.31 Å². The molecule has 1 saturated heterocycles. The van der Waals surface area contributed by atoms with E-state index in [1.807, 2.05) is 31.1 Å². The Labute approximate surface area is 177 Å². The fraction of sp³-hybridized carbons (Fsp3) is 0.429. The molecule has 8 nitrogen and oxygen atoms in total. The Hall–Kier alpha value is -2.49. The lowest BCUT2D eigenvalue weighted by Crippen LogP contribution is -2.40. The Morgan fingerprint density at radius 2 is 1.83 bits per heavy atom. The number of hydrogen-bond acceptors (Lipinski definition) is 6. The van der Waals surface area contributed by atoms with Crippen molar-refractivity contribution in [2.45, 2.75) is 24.3 Å². The molecule has 2 heterocycles. The minimum absolute atomic E-state index is 0.0526. The summed E-state index contributed by atoms with van der Waals surface area (Å²) in [6.45, 7) is 2.03. The predicted molar refractivity (Wildman–Crippen MR) is 115 cm³/mol. The highest BCUT2D eigenvalue weighted by Crippen LogP contribution is 2.18. The first-order chi connectivity index (χ1) is 14.4. The van der Waals surface area contributed by atoms with Crippen LogP contribution in [0, 0.1) is 0 Å². The van der Waals surface area contributed by atoms with Crippen LogP contribution in [0.25, 0.3) is 0 Å². The largest absolute Gasteiger partial charge is 0.379 e. The summed E-state index contributed by atoms with van der Waals surface area (Å²) < 4.78 is 32.0. The van der Waals surface area contributed by atoms with Crippen molar-refractivity contribution in [2.75, 3.05) is 45.3 Å². The number of nitrogens with one attached hydrogen (secondary N) is 1. The van der Waals surface area contributed by atoms with E-state index in [4.69, 9.17) is 4.74 Å². The molecule has 1 aliphatic rings. The van der Waals surface area contributed by atoms with Crippen molar-refractivity contribution in [2.24, 2.45) is 0 Å². The van der Waals surface area contributed by atoms with Crippen molar-refractivity contribution in [1.29, 1.82) is 0 Å². The van der Waals surface area contributed by atoms with Crippen molar-refractivity contribution < 1.29 is 17.9 Å². The number of hydrogen-bond donors (Lipinski definition) is 1. The van der Waals surface area contributed by atoms with Crippen LogP contribution >= 0.6 is 0 Å². The van der Waals surface area contributed by atoms with Gasteiger partial charge in [0.2, 0.25) is 15.9 Å². The third kappa shape index (κ3) is 5.78. The van der Waals surface area contributed by atoms with Crippen molar-refractivity contribution in [3.05, 3.63) is 53.7 Å². The standard InChI is InChI=1S/C21H28N4O4S/c1-24(2)20-15-18(9-10-22-20)16-23-21(26)8-5-17-3-6-19(7-4-17)30(27,28)25-11-13-29-14-12-25/h3-4,6-7,9-10,15H,5,8,11-14,16H2,1-2H3,(H,23,26). The Bertz CT molecular complexity index is 955. The predicted octanol–water partition coefficient (Wildman–Crippen LogP) is 1.42. The van der Waals surface area contributed by atoms with Crippen LogP contribution in [-0.2, 0) is 32.5 Å². The van der Waals surface area contributed by atoms with Gasteiger partial charge < -0.3 is 15.0 Å². The lowest BCUT2D eigenvalue weighted by Gasteiger charge is -2.26. The van der Waals surface area contributed by atoms with Crippen LogP contribution in [0.2, 0.25) is 0 Å². The number of rotatable bonds is 8. The quantitative estimate of drug-likeness (QED) is 0.678. The molecule has 0 spiro atoms. The van der Waals surface area contributed by atoms with E-state index in [0.29, 0.717) is 45.7 Å². The maximum Gasteiger partial charge on any atom is 0.243 e. The molecule has 2 aromatic rings. The number of aromatic nitrogens is 1. The van der Waals surface area contributed by atoms with Gasteiger partial charge in [-0.1, -0.05) is 12.1 Å². The van der Waals surface area contributed by atoms with E-state index in [-0.39, 0.29) is 10.8 Å². The van der Waals surface area contributed by atoms with Crippen LogP contribution in [-0.4, -0.2) is 64.0 Å². The molecule has 30 heavy (non-hydrogen) atoms. The minimum atomic E-state index is -3.49. The highest BCUT2D eigenvalue weighted by Gasteiger charge is 2.26. The molecule has 3 rings (SSSR count). The third-order valence-corrected chi connectivity index (χ3v) is 6.84. The summed E-state index contributed by atoms with van der Waals surface area (Å²) in [5, 5.41) is 2.91. The number of nitrogens with zero attached hydrogens (tertiary/aromatic N) is 3. The van der Waals surface area contributed by atoms with Gasteiger partial charge in [-0.3, -0.25) is 4.79 Å². The van der Waals surface area contributed by atoms with Crippen molar-refractivity contribution in [1.82, 2.24) is 14.6 Å². The highest BCUT2D eigenvalue weighted by atomic mass is 32.2. The molecule has 0 bridgehead atoms. The van der Waals surface area contributed by atoms with E-state index in [0.717, 1.165) is 16.9 Å². The average Bonchev–Trinajstić information content (AvgIpc) is 2.77. The number of carbonyl (C=O) groups is 1. The number of pyridine rings is 1. The normalized spacial score (nSPS) is 15.0. The number of carbonyl (C=O) groups excluding carboxylic acids is 1. The van der Waals surface area contributed by atoms with Gasteiger partial charge in [0.15, 0.2) is 0 Å². The van der Waals surface area contributed by atoms with Crippen LogP contribution in [0.15, 0.2) is 47.5 Å². The van der Waals surface area contributed by atoms with Crippen molar-refractivity contribution in [3.8, 4) is 0 Å². The maximum absolute atomic E-state index is 12.6. The summed E-state index contributed by atoms with van der Waals surface area (Å²) >= 11 is 0. The number of morpholine rings is 1. The number of amides is 1. The lowest BCUT2D eigenvalue weighted by atomic mass is 10.1. The Morgan fingerprint density at radius 3 is 2.50 bits per heavy atom. The third-order valence-electron chi connectivity index (χ3n) is 4.93. The molecule has 0 saturated carbocycles. The minimum Gasteiger partial charge on any atom is -0.379 e. The zero-order valence-corrected chi connectivity index (χ0v) is 18.2. The van der Waals surface area contributed by atoms with Crippen LogP contribution in [0.1, 0.15) is 17.5 Å². The number of benzene rings is 1. The van der Waals surface area contributed by atoms with E-state index in [1.54, 1.807) is 30.5 Å². The lowest BCUT2D eigenvalue weighted by molar-refractivity contribution is -0.121. The SMILES string of the molecule is CN(C)c1cc(CNC(=O)CCc2ccc(S(=O)(=O)N3CCOCC3)cc2)ccn1. The Morgan fingerprint density at radius 1 is 1.13 bits per heavy atom. The summed E-state index contributed by atoms with van der Waals surface area (Å²) in [5.74, 6) is 0.789. The molecule has 9 heteroatoms. The van der Waals surface area contributed by atoms with Gasteiger partial charge in [-0.2, -0.15) is 4.31 Å². The van der Waals surface area contributed by atoms with Gasteiger partial charge in [0.25, 0.3) is 0 Å². The number of aryl methyl sites for hydroxylation is 1. The van der Waals surface area contributed by atoms with Gasteiger partial charge in [0.1, 0.15) is 5.82 Å². The monoisotopic (exact) mass is 432 g/mol. The molecule has 0 aliphatic carbocycles. The van der Waals surface area contributed by atoms with E-state index in [9.17, 15) is 13.2 Å². The van der Waals surface area contributed by atoms with Gasteiger partial charge in [-0.05, 0) is 41.8 Å². The van der Waals surface area contributed by atoms with Crippen LogP contribution < -0.4 is 10.2 Å². The zero-order chi connectivity index (χ0) is 21.6. The van der Waals surface area contributed by atoms with Gasteiger partial charge >= 0.3 is 0 Å². The molecule has 1 aromatic heterocycles. The first-order valence-electron chi connectivity index (χ1n) is 9.92. The molecule has 1 aliphatic heterocycles. The van der Waals surface area contributed by atoms with E-state index >= 15 is 0 Å². The van der Waals surface area contributed by atoms with Crippen molar-refractivity contribution >= 4 is 21.7 Å². The fourth-order valence-corrected chi connectivity index (χ4v) is 4.53. The summed E-state index contributed by atoms with van der Waals surface area (Å²) in [4.78, 5) is 18.6. The van der Waals surface area contributed by atoms with Gasteiger partial charge in [-0.25, -0.2) is 13.4 Å². The number of ether oxygens (including phenoxy) is 1. The second-order valence-electron chi connectivity index (χ2n) is 7.35. The smallest absolute Gasteiger partial charge is 0.243 e. The molecule has 1 fully saturated rings. The first-order valence-corrected chi connectivity index (χ1v) is 11.4. The zero-order valence-electron chi connectivity index (χ0n) is 17.4. The van der Waals surface area contributed by atoms with Crippen LogP contribution in [0.3, 0.4) is 0 Å². The van der Waals surface area contributed by atoms with Crippen LogP contribution in [0.5, 0.6) is 0 Å². The van der Waals surface area contributed by atoms with Gasteiger partial charge in [0, 0.05) is 46.3 Å². The summed E-state index contributed by atoms with van der Waals surface area (Å²) in [7, 11) is 0.344. The molecule has 1 N–H and O–H groups in total. The summed E-state index contributed by atoms with van der Waals surface area (Å²) in [5.41, 5.74) is 1.91. The molecule has 162 valence electrons. The average molecular weight is 433 g/mol. The number of sulfonamides is 1. The maximum atomic E-state index is 12.6. The topological polar surface area (TPSA) is 91.8 Å². The summed E-state index contributed by atoms with van der Waals surface area (Å²) in [6, 6.07) is 10.6. The second-order valence-corrected chi connectivity index (χ2v) is 9.29. The molecular weight excluding hydrogens is 404 g/mol. The molecule has 1 aromatic carbocycles. The second kappa shape index (κ2) is 10.0. The highest BCUT2D eigenvalue weighted by molar-refractivity contribution is 7.89. The van der Waals surface area contributed by atoms with Crippen molar-refractivity contribution in [3.63, 3.8) is 0 Å². The fourth-order valence-electron chi connectivity index (χ4n) is 3.13. The molecular formula is C21H28N4O4S. The van der Waals surface area contributed by atoms with E-state index in [2.05, 4.69) is 10.3 Å². The van der Waals surface area contributed by atoms with E-state index < -0.39 is 10.0 Å². The van der Waals surface area contributed by atoms with Gasteiger partial charge in [-0.15, -0.1) is 0 Å². The molecule has 0 atom stereocenters.